The normalized spacial score (nSPS) is 22.9. The van der Waals surface area contributed by atoms with Crippen LogP contribution in [0.25, 0.3) is 0 Å². The number of piperazine rings is 1. The summed E-state index contributed by atoms with van der Waals surface area (Å²) in [4.78, 5) is 4.60. The van der Waals surface area contributed by atoms with Gasteiger partial charge in [-0.15, -0.1) is 0 Å². The lowest BCUT2D eigenvalue weighted by Crippen LogP contribution is -2.48. The van der Waals surface area contributed by atoms with Gasteiger partial charge in [0.25, 0.3) is 10.0 Å². The molecule has 144 valence electrons. The Morgan fingerprint density at radius 1 is 0.963 bits per heavy atom. The van der Waals surface area contributed by atoms with Crippen molar-refractivity contribution in [3.05, 3.63) is 54.6 Å². The van der Waals surface area contributed by atoms with Gasteiger partial charge in [-0.1, -0.05) is 30.3 Å². The molecule has 2 aliphatic heterocycles. The third kappa shape index (κ3) is 3.67. The highest BCUT2D eigenvalue weighted by atomic mass is 32.2. The second kappa shape index (κ2) is 7.50. The fourth-order valence-corrected chi connectivity index (χ4v) is 5.30. The van der Waals surface area contributed by atoms with Crippen molar-refractivity contribution in [3.63, 3.8) is 0 Å². The van der Waals surface area contributed by atoms with Crippen LogP contribution in [0.4, 0.5) is 11.4 Å². The molecule has 6 nitrogen and oxygen atoms in total. The van der Waals surface area contributed by atoms with E-state index in [2.05, 4.69) is 16.8 Å². The van der Waals surface area contributed by atoms with Crippen LogP contribution in [-0.2, 0) is 10.0 Å². The molecule has 0 spiro atoms. The van der Waals surface area contributed by atoms with Crippen LogP contribution < -0.4 is 9.04 Å². The summed E-state index contributed by atoms with van der Waals surface area (Å²) < 4.78 is 34.1. The average molecular weight is 388 g/mol. The van der Waals surface area contributed by atoms with Crippen molar-refractivity contribution in [3.8, 4) is 5.75 Å². The highest BCUT2D eigenvalue weighted by Crippen LogP contribution is 2.42. The molecule has 2 aromatic carbocycles. The predicted octanol–water partition coefficient (Wildman–Crippen LogP) is 2.51. The SMILES string of the molecule is CN1CCN(CCC2Oc3ccccc3N(c3ccccc3)S2(=O)=O)CC1. The number of ether oxygens (including phenoxy) is 1. The van der Waals surface area contributed by atoms with E-state index in [1.54, 1.807) is 6.07 Å². The summed E-state index contributed by atoms with van der Waals surface area (Å²) in [6.07, 6.45) is 0.448. The lowest BCUT2D eigenvalue weighted by Gasteiger charge is -2.37. The molecule has 1 fully saturated rings. The first-order valence-corrected chi connectivity index (χ1v) is 10.8. The summed E-state index contributed by atoms with van der Waals surface area (Å²) in [7, 11) is -1.56. The molecule has 27 heavy (non-hydrogen) atoms. The standard InChI is InChI=1S/C20H25N3O3S/c1-21-13-15-22(16-14-21)12-11-20-26-19-10-6-5-9-18(19)23(27(20,24)25)17-7-3-2-4-8-17/h2-10,20H,11-16H2,1H3. The summed E-state index contributed by atoms with van der Waals surface area (Å²) in [5.41, 5.74) is 0.324. The fourth-order valence-electron chi connectivity index (χ4n) is 3.60. The maximum Gasteiger partial charge on any atom is 0.278 e. The van der Waals surface area contributed by atoms with E-state index in [-0.39, 0.29) is 0 Å². The number of fused-ring (bicyclic) bond motifs is 1. The molecule has 0 saturated carbocycles. The van der Waals surface area contributed by atoms with Crippen LogP contribution in [0.1, 0.15) is 6.42 Å². The zero-order valence-corrected chi connectivity index (χ0v) is 16.3. The zero-order chi connectivity index (χ0) is 18.9. The maximum atomic E-state index is 13.4. The van der Waals surface area contributed by atoms with E-state index < -0.39 is 15.5 Å². The van der Waals surface area contributed by atoms with Gasteiger partial charge in [-0.05, 0) is 31.3 Å². The zero-order valence-electron chi connectivity index (χ0n) is 15.5. The first-order chi connectivity index (χ1) is 13.1. The number of nitrogens with zero attached hydrogens (tertiary/aromatic N) is 3. The quantitative estimate of drug-likeness (QED) is 0.807. The highest BCUT2D eigenvalue weighted by Gasteiger charge is 2.41. The van der Waals surface area contributed by atoms with Crippen LogP contribution in [-0.4, -0.2) is 63.4 Å². The van der Waals surface area contributed by atoms with Gasteiger partial charge in [0.2, 0.25) is 5.44 Å². The van der Waals surface area contributed by atoms with Gasteiger partial charge < -0.3 is 14.5 Å². The summed E-state index contributed by atoms with van der Waals surface area (Å²) in [5.74, 6) is 0.611. The van der Waals surface area contributed by atoms with Crippen molar-refractivity contribution in [1.82, 2.24) is 9.80 Å². The number of anilines is 2. The highest BCUT2D eigenvalue weighted by molar-refractivity contribution is 7.93. The Kier molecular flexibility index (Phi) is 5.08. The molecule has 1 unspecified atom stereocenters. The number of benzene rings is 2. The van der Waals surface area contributed by atoms with Crippen LogP contribution >= 0.6 is 0 Å². The van der Waals surface area contributed by atoms with Crippen molar-refractivity contribution in [2.24, 2.45) is 0 Å². The first-order valence-electron chi connectivity index (χ1n) is 9.31. The minimum absolute atomic E-state index is 0.448. The number of rotatable bonds is 4. The van der Waals surface area contributed by atoms with Crippen LogP contribution in [0.3, 0.4) is 0 Å². The largest absolute Gasteiger partial charge is 0.470 e. The molecule has 0 amide bonds. The van der Waals surface area contributed by atoms with E-state index in [1.165, 1.54) is 4.31 Å². The number of likely N-dealkylation sites (N-methyl/N-ethyl adjacent to an activating group) is 1. The van der Waals surface area contributed by atoms with Gasteiger partial charge in [0.1, 0.15) is 5.75 Å². The monoisotopic (exact) mass is 387 g/mol. The summed E-state index contributed by atoms with van der Waals surface area (Å²) in [5, 5.41) is 0. The van der Waals surface area contributed by atoms with Gasteiger partial charge in [0.05, 0.1) is 11.4 Å². The number of para-hydroxylation sites is 3. The van der Waals surface area contributed by atoms with Gasteiger partial charge >= 0.3 is 0 Å². The smallest absolute Gasteiger partial charge is 0.278 e. The van der Waals surface area contributed by atoms with Crippen LogP contribution in [0.2, 0.25) is 0 Å². The van der Waals surface area contributed by atoms with Crippen molar-refractivity contribution in [1.29, 1.82) is 0 Å². The molecule has 2 aliphatic rings. The molecule has 0 bridgehead atoms. The van der Waals surface area contributed by atoms with Gasteiger partial charge in [0, 0.05) is 39.1 Å². The van der Waals surface area contributed by atoms with Crippen molar-refractivity contribution in [2.45, 2.75) is 11.9 Å². The number of sulfonamides is 1. The van der Waals surface area contributed by atoms with Crippen LogP contribution in [0.15, 0.2) is 54.6 Å². The predicted molar refractivity (Wildman–Crippen MR) is 107 cm³/mol. The minimum Gasteiger partial charge on any atom is -0.470 e. The van der Waals surface area contributed by atoms with Crippen molar-refractivity contribution in [2.75, 3.05) is 44.1 Å². The Morgan fingerprint density at radius 3 is 2.37 bits per heavy atom. The van der Waals surface area contributed by atoms with Gasteiger partial charge in [-0.2, -0.15) is 0 Å². The molecular weight excluding hydrogens is 362 g/mol. The van der Waals surface area contributed by atoms with Crippen molar-refractivity contribution < 1.29 is 13.2 Å². The van der Waals surface area contributed by atoms with Gasteiger partial charge in [0.15, 0.2) is 0 Å². The van der Waals surface area contributed by atoms with E-state index in [0.29, 0.717) is 30.1 Å². The Morgan fingerprint density at radius 2 is 1.63 bits per heavy atom. The molecule has 0 N–H and O–H groups in total. The second-order valence-electron chi connectivity index (χ2n) is 7.09. The molecule has 0 aliphatic carbocycles. The molecule has 2 aromatic rings. The lowest BCUT2D eigenvalue weighted by molar-refractivity contribution is 0.139. The van der Waals surface area contributed by atoms with Crippen LogP contribution in [0.5, 0.6) is 5.75 Å². The Hall–Kier alpha value is -2.09. The molecule has 4 rings (SSSR count). The molecule has 2 heterocycles. The molecular formula is C20H25N3O3S. The van der Waals surface area contributed by atoms with E-state index in [4.69, 9.17) is 4.74 Å². The Bertz CT molecular complexity index is 880. The Labute approximate surface area is 161 Å². The molecule has 0 radical (unpaired) electrons. The summed E-state index contributed by atoms with van der Waals surface area (Å²) >= 11 is 0. The fraction of sp³-hybridized carbons (Fsp3) is 0.400. The van der Waals surface area contributed by atoms with Gasteiger partial charge in [-0.25, -0.2) is 12.7 Å². The number of hydrogen-bond donors (Lipinski definition) is 0. The average Bonchev–Trinajstić information content (AvgIpc) is 2.68. The molecule has 0 aromatic heterocycles. The molecule has 7 heteroatoms. The second-order valence-corrected chi connectivity index (χ2v) is 9.01. The van der Waals surface area contributed by atoms with E-state index in [9.17, 15) is 8.42 Å². The first kappa shape index (κ1) is 18.3. The van der Waals surface area contributed by atoms with Crippen LogP contribution in [0, 0.1) is 0 Å². The maximum absolute atomic E-state index is 13.4. The van der Waals surface area contributed by atoms with Crippen molar-refractivity contribution >= 4 is 21.4 Å². The topological polar surface area (TPSA) is 53.1 Å². The van der Waals surface area contributed by atoms with Gasteiger partial charge in [-0.3, -0.25) is 0 Å². The lowest BCUT2D eigenvalue weighted by atomic mass is 10.2. The third-order valence-corrected chi connectivity index (χ3v) is 7.11. The summed E-state index contributed by atoms with van der Waals surface area (Å²) in [6.45, 7) is 4.65. The molecule has 1 saturated heterocycles. The number of hydrogen-bond acceptors (Lipinski definition) is 5. The van der Waals surface area contributed by atoms with E-state index in [0.717, 1.165) is 26.2 Å². The third-order valence-electron chi connectivity index (χ3n) is 5.20. The summed E-state index contributed by atoms with van der Waals surface area (Å²) in [6, 6.07) is 16.5. The minimum atomic E-state index is -3.67. The van der Waals surface area contributed by atoms with E-state index >= 15 is 0 Å². The molecule has 1 atom stereocenters. The van der Waals surface area contributed by atoms with E-state index in [1.807, 2.05) is 48.5 Å². The Balaban J connectivity index is 1.60.